The van der Waals surface area contributed by atoms with Gasteiger partial charge < -0.3 is 10.2 Å². The van der Waals surface area contributed by atoms with Crippen LogP contribution in [0.2, 0.25) is 0 Å². The minimum atomic E-state index is -3.73. The van der Waals surface area contributed by atoms with E-state index in [2.05, 4.69) is 12.2 Å². The molecule has 142 valence electrons. The molecule has 2 amide bonds. The Bertz CT molecular complexity index is 776. The number of benzene rings is 1. The largest absolute Gasteiger partial charge is 0.354 e. The highest BCUT2D eigenvalue weighted by Crippen LogP contribution is 2.23. The van der Waals surface area contributed by atoms with Gasteiger partial charge in [0, 0.05) is 31.2 Å². The molecule has 2 heterocycles. The van der Waals surface area contributed by atoms with E-state index in [4.69, 9.17) is 0 Å². The summed E-state index contributed by atoms with van der Waals surface area (Å²) in [7, 11) is -3.73. The Labute approximate surface area is 154 Å². The first-order chi connectivity index (χ1) is 12.4. The van der Waals surface area contributed by atoms with Crippen LogP contribution >= 0.6 is 0 Å². The van der Waals surface area contributed by atoms with Crippen molar-refractivity contribution in [3.63, 3.8) is 0 Å². The number of hydrogen-bond donors (Lipinski definition) is 1. The third-order valence-corrected chi connectivity index (χ3v) is 6.96. The van der Waals surface area contributed by atoms with Gasteiger partial charge in [-0.05, 0) is 49.9 Å². The Morgan fingerprint density at radius 1 is 1.19 bits per heavy atom. The van der Waals surface area contributed by atoms with Gasteiger partial charge >= 0.3 is 0 Å². The fraction of sp³-hybridized carbons (Fsp3) is 0.556. The van der Waals surface area contributed by atoms with E-state index in [0.29, 0.717) is 12.1 Å². The Kier molecular flexibility index (Phi) is 5.62. The molecule has 0 aliphatic carbocycles. The topological polar surface area (TPSA) is 86.8 Å². The van der Waals surface area contributed by atoms with Crippen molar-refractivity contribution < 1.29 is 18.0 Å². The van der Waals surface area contributed by atoms with E-state index in [-0.39, 0.29) is 35.8 Å². The van der Waals surface area contributed by atoms with E-state index < -0.39 is 10.0 Å². The summed E-state index contributed by atoms with van der Waals surface area (Å²) in [5.74, 6) is -0.347. The second-order valence-electron chi connectivity index (χ2n) is 6.77. The van der Waals surface area contributed by atoms with E-state index in [9.17, 15) is 18.0 Å². The van der Waals surface area contributed by atoms with Crippen LogP contribution in [-0.2, 0) is 14.8 Å². The summed E-state index contributed by atoms with van der Waals surface area (Å²) in [5, 5.41) is 2.61. The van der Waals surface area contributed by atoms with Crippen LogP contribution in [0.3, 0.4) is 0 Å². The van der Waals surface area contributed by atoms with Gasteiger partial charge in [-0.3, -0.25) is 9.59 Å². The fourth-order valence-electron chi connectivity index (χ4n) is 3.60. The van der Waals surface area contributed by atoms with Crippen molar-refractivity contribution in [2.45, 2.75) is 43.5 Å². The first-order valence-electron chi connectivity index (χ1n) is 9.11. The molecule has 26 heavy (non-hydrogen) atoms. The number of piperidine rings is 1. The number of carbonyl (C=O) groups excluding carboxylic acids is 2. The standard InChI is InChI=1S/C18H25N3O4S/c1-2-15-5-3-4-11-21(15)18(23)14-6-8-16(9-7-14)26(24,25)20-12-10-19-17(22)13-20/h6-9,15H,2-5,10-13H2,1H3,(H,19,22)/t15-/m1/s1. The van der Waals surface area contributed by atoms with Gasteiger partial charge in [0.25, 0.3) is 5.91 Å². The van der Waals surface area contributed by atoms with Gasteiger partial charge in [0.1, 0.15) is 0 Å². The number of hydrogen-bond acceptors (Lipinski definition) is 4. The lowest BCUT2D eigenvalue weighted by Crippen LogP contribution is -2.49. The molecule has 2 aliphatic rings. The third-order valence-electron chi connectivity index (χ3n) is 5.10. The molecule has 8 heteroatoms. The van der Waals surface area contributed by atoms with Crippen LogP contribution in [0.1, 0.15) is 43.0 Å². The number of nitrogens with zero attached hydrogens (tertiary/aromatic N) is 2. The third kappa shape index (κ3) is 3.76. The average Bonchev–Trinajstić information content (AvgIpc) is 2.67. The van der Waals surface area contributed by atoms with Gasteiger partial charge in [-0.1, -0.05) is 6.92 Å². The summed E-state index contributed by atoms with van der Waals surface area (Å²) in [5.41, 5.74) is 0.501. The molecule has 1 aromatic rings. The summed E-state index contributed by atoms with van der Waals surface area (Å²) in [6, 6.07) is 6.31. The second kappa shape index (κ2) is 7.75. The van der Waals surface area contributed by atoms with Crippen LogP contribution in [0.25, 0.3) is 0 Å². The van der Waals surface area contributed by atoms with Crippen molar-refractivity contribution in [1.29, 1.82) is 0 Å². The zero-order valence-corrected chi connectivity index (χ0v) is 15.8. The minimum Gasteiger partial charge on any atom is -0.354 e. The molecular weight excluding hydrogens is 354 g/mol. The highest BCUT2D eigenvalue weighted by atomic mass is 32.2. The number of nitrogens with one attached hydrogen (secondary N) is 1. The number of amides is 2. The van der Waals surface area contributed by atoms with Gasteiger partial charge in [-0.15, -0.1) is 0 Å². The van der Waals surface area contributed by atoms with Crippen molar-refractivity contribution in [2.24, 2.45) is 0 Å². The van der Waals surface area contributed by atoms with Gasteiger partial charge in [0.05, 0.1) is 11.4 Å². The van der Waals surface area contributed by atoms with Gasteiger partial charge in [0.2, 0.25) is 15.9 Å². The minimum absolute atomic E-state index is 0.0437. The molecule has 0 unspecified atom stereocenters. The lowest BCUT2D eigenvalue weighted by Gasteiger charge is -2.35. The summed E-state index contributed by atoms with van der Waals surface area (Å²) in [4.78, 5) is 26.3. The van der Waals surface area contributed by atoms with E-state index >= 15 is 0 Å². The molecule has 1 atom stereocenters. The van der Waals surface area contributed by atoms with Crippen LogP contribution in [0.15, 0.2) is 29.2 Å². The van der Waals surface area contributed by atoms with Crippen molar-refractivity contribution >= 4 is 21.8 Å². The normalized spacial score (nSPS) is 22.1. The van der Waals surface area contributed by atoms with Crippen LogP contribution in [-0.4, -0.2) is 61.7 Å². The van der Waals surface area contributed by atoms with Crippen molar-refractivity contribution in [3.8, 4) is 0 Å². The molecule has 0 spiro atoms. The van der Waals surface area contributed by atoms with Gasteiger partial charge in [-0.2, -0.15) is 4.31 Å². The summed E-state index contributed by atoms with van der Waals surface area (Å²) in [6.07, 6.45) is 4.09. The molecule has 7 nitrogen and oxygen atoms in total. The highest BCUT2D eigenvalue weighted by Gasteiger charge is 2.30. The quantitative estimate of drug-likeness (QED) is 0.852. The number of likely N-dealkylation sites (tertiary alicyclic amines) is 1. The Balaban J connectivity index is 1.77. The Hall–Kier alpha value is -1.93. The van der Waals surface area contributed by atoms with E-state index in [0.717, 1.165) is 32.2 Å². The number of rotatable bonds is 4. The molecule has 2 fully saturated rings. The first kappa shape index (κ1) is 18.8. The second-order valence-corrected chi connectivity index (χ2v) is 8.71. The maximum atomic E-state index is 12.8. The summed E-state index contributed by atoms with van der Waals surface area (Å²) < 4.78 is 26.5. The molecule has 1 aromatic carbocycles. The molecule has 2 saturated heterocycles. The lowest BCUT2D eigenvalue weighted by atomic mass is 9.99. The monoisotopic (exact) mass is 379 g/mol. The highest BCUT2D eigenvalue weighted by molar-refractivity contribution is 7.89. The molecule has 0 saturated carbocycles. The zero-order valence-electron chi connectivity index (χ0n) is 15.0. The van der Waals surface area contributed by atoms with E-state index in [1.807, 2.05) is 4.90 Å². The number of sulfonamides is 1. The summed E-state index contributed by atoms with van der Waals surface area (Å²) >= 11 is 0. The SMILES string of the molecule is CC[C@@H]1CCCCN1C(=O)c1ccc(S(=O)(=O)N2CCNC(=O)C2)cc1. The van der Waals surface area contributed by atoms with Crippen LogP contribution in [0.4, 0.5) is 0 Å². The van der Waals surface area contributed by atoms with Crippen LogP contribution in [0, 0.1) is 0 Å². The predicted molar refractivity (Wildman–Crippen MR) is 97.2 cm³/mol. The lowest BCUT2D eigenvalue weighted by molar-refractivity contribution is -0.122. The van der Waals surface area contributed by atoms with Gasteiger partial charge in [-0.25, -0.2) is 8.42 Å². The number of piperazine rings is 1. The molecule has 0 bridgehead atoms. The Morgan fingerprint density at radius 3 is 2.58 bits per heavy atom. The van der Waals surface area contributed by atoms with Crippen LogP contribution < -0.4 is 5.32 Å². The molecule has 3 rings (SSSR count). The Morgan fingerprint density at radius 2 is 1.92 bits per heavy atom. The number of carbonyl (C=O) groups is 2. The molecular formula is C18H25N3O4S. The van der Waals surface area contributed by atoms with Crippen molar-refractivity contribution in [1.82, 2.24) is 14.5 Å². The molecule has 0 aromatic heterocycles. The maximum Gasteiger partial charge on any atom is 0.254 e. The molecule has 0 radical (unpaired) electrons. The van der Waals surface area contributed by atoms with Gasteiger partial charge in [0.15, 0.2) is 0 Å². The van der Waals surface area contributed by atoms with E-state index in [1.165, 1.54) is 16.4 Å². The first-order valence-corrected chi connectivity index (χ1v) is 10.6. The summed E-state index contributed by atoms with van der Waals surface area (Å²) in [6.45, 7) is 3.22. The zero-order chi connectivity index (χ0) is 18.7. The molecule has 1 N–H and O–H groups in total. The molecule has 2 aliphatic heterocycles. The van der Waals surface area contributed by atoms with Crippen LogP contribution in [0.5, 0.6) is 0 Å². The maximum absolute atomic E-state index is 12.8. The average molecular weight is 379 g/mol. The van der Waals surface area contributed by atoms with Crippen molar-refractivity contribution in [2.75, 3.05) is 26.2 Å². The van der Waals surface area contributed by atoms with Crippen molar-refractivity contribution in [3.05, 3.63) is 29.8 Å². The fourth-order valence-corrected chi connectivity index (χ4v) is 4.99. The van der Waals surface area contributed by atoms with E-state index in [1.54, 1.807) is 12.1 Å². The predicted octanol–water partition coefficient (Wildman–Crippen LogP) is 1.21. The smallest absolute Gasteiger partial charge is 0.254 e.